The summed E-state index contributed by atoms with van der Waals surface area (Å²) < 4.78 is 62.0. The first-order valence-corrected chi connectivity index (χ1v) is 16.5. The van der Waals surface area contributed by atoms with Gasteiger partial charge in [0.2, 0.25) is 5.95 Å². The molecule has 0 radical (unpaired) electrons. The topological polar surface area (TPSA) is 163 Å². The number of rotatable bonds is 14. The molecule has 1 atom stereocenters. The Kier molecular flexibility index (Phi) is 11.4. The molecule has 1 aromatic carbocycles. The molecule has 0 bridgehead atoms. The average molecular weight is 698 g/mol. The summed E-state index contributed by atoms with van der Waals surface area (Å²) in [6, 6.07) is 8.03. The van der Waals surface area contributed by atoms with Gasteiger partial charge in [0.25, 0.3) is 5.88 Å². The second-order valence-corrected chi connectivity index (χ2v) is 12.1. The number of alkyl halides is 3. The maximum atomic E-state index is 12.4. The summed E-state index contributed by atoms with van der Waals surface area (Å²) in [6.45, 7) is 5.11. The first-order valence-electron chi connectivity index (χ1n) is 16.5. The predicted octanol–water partition coefficient (Wildman–Crippen LogP) is 4.53. The molecule has 1 saturated heterocycles. The molecule has 0 spiro atoms. The summed E-state index contributed by atoms with van der Waals surface area (Å²) >= 11 is 0. The zero-order valence-corrected chi connectivity index (χ0v) is 27.5. The van der Waals surface area contributed by atoms with Crippen molar-refractivity contribution < 1.29 is 32.1 Å². The number of morpholine rings is 1. The Morgan fingerprint density at radius 1 is 1.06 bits per heavy atom. The number of nitrogens with one attached hydrogen (secondary N) is 1. The number of ether oxygens (including phenoxy) is 4. The lowest BCUT2D eigenvalue weighted by Gasteiger charge is -2.38. The van der Waals surface area contributed by atoms with Crippen LogP contribution in [0, 0.1) is 11.3 Å². The molecule has 4 aromatic rings. The van der Waals surface area contributed by atoms with Gasteiger partial charge < -0.3 is 19.5 Å². The largest absolute Gasteiger partial charge is 0.522 e. The van der Waals surface area contributed by atoms with E-state index >= 15 is 0 Å². The Bertz CT molecular complexity index is 1700. The third-order valence-electron chi connectivity index (χ3n) is 8.59. The summed E-state index contributed by atoms with van der Waals surface area (Å²) in [7, 11) is 0. The fourth-order valence-electron chi connectivity index (χ4n) is 6.14. The molecular formula is C32H38F3N11O4. The Morgan fingerprint density at radius 3 is 2.52 bits per heavy atom. The number of hydrogen-bond acceptors (Lipinski definition) is 13. The van der Waals surface area contributed by atoms with Crippen molar-refractivity contribution in [1.29, 1.82) is 5.26 Å². The van der Waals surface area contributed by atoms with E-state index in [-0.39, 0.29) is 37.0 Å². The zero-order chi connectivity index (χ0) is 34.9. The van der Waals surface area contributed by atoms with Gasteiger partial charge in [0.05, 0.1) is 50.8 Å². The first-order chi connectivity index (χ1) is 24.2. The van der Waals surface area contributed by atoms with E-state index in [4.69, 9.17) is 14.2 Å². The van der Waals surface area contributed by atoms with Gasteiger partial charge in [0.15, 0.2) is 0 Å². The summed E-state index contributed by atoms with van der Waals surface area (Å²) in [6.07, 6.45) is 5.52. The van der Waals surface area contributed by atoms with Crippen molar-refractivity contribution in [3.05, 3.63) is 48.7 Å². The highest BCUT2D eigenvalue weighted by Gasteiger charge is 2.30. The van der Waals surface area contributed by atoms with Crippen LogP contribution >= 0.6 is 0 Å². The molecule has 3 aromatic heterocycles. The number of nitriles is 1. The highest BCUT2D eigenvalue weighted by Crippen LogP contribution is 2.35. The van der Waals surface area contributed by atoms with Crippen molar-refractivity contribution in [3.63, 3.8) is 0 Å². The normalized spacial score (nSPS) is 19.1. The molecule has 0 amide bonds. The third-order valence-corrected chi connectivity index (χ3v) is 8.59. The van der Waals surface area contributed by atoms with Crippen LogP contribution in [0.5, 0.6) is 11.6 Å². The lowest BCUT2D eigenvalue weighted by atomic mass is 9.90. The van der Waals surface area contributed by atoms with Crippen LogP contribution in [0.25, 0.3) is 11.1 Å². The molecule has 15 nitrogen and oxygen atoms in total. The van der Waals surface area contributed by atoms with Crippen LogP contribution in [0.4, 0.5) is 24.8 Å². The minimum absolute atomic E-state index is 0.0222. The van der Waals surface area contributed by atoms with Gasteiger partial charge in [-0.15, -0.1) is 23.4 Å². The van der Waals surface area contributed by atoms with Crippen LogP contribution in [0.3, 0.4) is 0 Å². The van der Waals surface area contributed by atoms with E-state index < -0.39 is 13.0 Å². The van der Waals surface area contributed by atoms with Gasteiger partial charge in [-0.05, 0) is 60.7 Å². The highest BCUT2D eigenvalue weighted by atomic mass is 19.4. The molecule has 1 saturated carbocycles. The molecule has 1 aliphatic heterocycles. The van der Waals surface area contributed by atoms with E-state index in [1.54, 1.807) is 35.3 Å². The molecule has 50 heavy (non-hydrogen) atoms. The highest BCUT2D eigenvalue weighted by molar-refractivity contribution is 5.67. The van der Waals surface area contributed by atoms with Gasteiger partial charge in [0, 0.05) is 43.5 Å². The van der Waals surface area contributed by atoms with E-state index in [1.165, 1.54) is 6.33 Å². The number of benzene rings is 1. The predicted molar refractivity (Wildman–Crippen MR) is 171 cm³/mol. The molecule has 6 rings (SSSR count). The van der Waals surface area contributed by atoms with Gasteiger partial charge in [-0.1, -0.05) is 6.07 Å². The fraction of sp³-hybridized carbons (Fsp3) is 0.531. The van der Waals surface area contributed by atoms with Gasteiger partial charge in [-0.3, -0.25) is 14.3 Å². The van der Waals surface area contributed by atoms with E-state index in [0.29, 0.717) is 35.2 Å². The molecule has 18 heteroatoms. The van der Waals surface area contributed by atoms with E-state index in [9.17, 15) is 18.4 Å². The number of nitrogens with zero attached hydrogens (tertiary/aromatic N) is 10. The monoisotopic (exact) mass is 697 g/mol. The zero-order valence-electron chi connectivity index (χ0n) is 27.5. The number of tetrazole rings is 1. The Morgan fingerprint density at radius 2 is 1.82 bits per heavy atom. The third kappa shape index (κ3) is 9.43. The van der Waals surface area contributed by atoms with Gasteiger partial charge >= 0.3 is 6.36 Å². The van der Waals surface area contributed by atoms with Crippen LogP contribution in [0.1, 0.15) is 50.6 Å². The van der Waals surface area contributed by atoms with Gasteiger partial charge in [-0.2, -0.15) is 5.26 Å². The van der Waals surface area contributed by atoms with Crippen LogP contribution in [-0.4, -0.2) is 103 Å². The quantitative estimate of drug-likeness (QED) is 0.183. The molecule has 4 heterocycles. The maximum Gasteiger partial charge on any atom is 0.522 e. The summed E-state index contributed by atoms with van der Waals surface area (Å²) in [5, 5.41) is 28.6. The van der Waals surface area contributed by atoms with Crippen molar-refractivity contribution in [2.45, 2.75) is 70.1 Å². The molecule has 1 N–H and O–H groups in total. The number of hydrogen-bond donors (Lipinski definition) is 1. The van der Waals surface area contributed by atoms with Crippen LogP contribution < -0.4 is 14.8 Å². The van der Waals surface area contributed by atoms with Crippen molar-refractivity contribution in [2.24, 2.45) is 0 Å². The molecule has 2 fully saturated rings. The molecule has 2 aliphatic rings. The summed E-state index contributed by atoms with van der Waals surface area (Å²) in [4.78, 5) is 11.5. The Hall–Kier alpha value is -4.86. The molecule has 0 unspecified atom stereocenters. The second-order valence-electron chi connectivity index (χ2n) is 12.1. The van der Waals surface area contributed by atoms with Crippen LogP contribution in [0.2, 0.25) is 0 Å². The Balaban J connectivity index is 1.13. The Labute approximate surface area is 286 Å². The fourth-order valence-corrected chi connectivity index (χ4v) is 6.14. The second kappa shape index (κ2) is 16.2. The summed E-state index contributed by atoms with van der Waals surface area (Å²) in [5.41, 5.74) is 2.30. The van der Waals surface area contributed by atoms with Crippen molar-refractivity contribution in [2.75, 3.05) is 44.8 Å². The van der Waals surface area contributed by atoms with Gasteiger partial charge in [-0.25, -0.2) is 14.6 Å². The lowest BCUT2D eigenvalue weighted by molar-refractivity contribution is -0.324. The van der Waals surface area contributed by atoms with Crippen molar-refractivity contribution in [1.82, 2.24) is 44.9 Å². The lowest BCUT2D eigenvalue weighted by Crippen LogP contribution is -2.45. The van der Waals surface area contributed by atoms with E-state index in [0.717, 1.165) is 57.6 Å². The maximum absolute atomic E-state index is 12.4. The van der Waals surface area contributed by atoms with E-state index in [1.807, 2.05) is 17.8 Å². The minimum atomic E-state index is -4.70. The summed E-state index contributed by atoms with van der Waals surface area (Å²) in [5.74, 6) is 0.918. The smallest absolute Gasteiger partial charge is 0.487 e. The van der Waals surface area contributed by atoms with Crippen LogP contribution in [-0.2, 0) is 16.0 Å². The van der Waals surface area contributed by atoms with Crippen molar-refractivity contribution in [3.8, 4) is 28.8 Å². The number of aromatic nitrogens is 8. The van der Waals surface area contributed by atoms with E-state index in [2.05, 4.69) is 51.6 Å². The van der Waals surface area contributed by atoms with Crippen molar-refractivity contribution >= 4 is 11.6 Å². The SMILES string of the molecule is C[C@@H](Cn1cnnn1)Oc1cc(-c2cnc(Nc3cn([C@H]4CC[C@H](N5CCOCC5)CC4)nc3OCCCOC(F)(F)F)nc2)ccc1C#N. The minimum Gasteiger partial charge on any atom is -0.487 e. The van der Waals surface area contributed by atoms with Gasteiger partial charge in [0.1, 0.15) is 29.9 Å². The molecule has 266 valence electrons. The standard InChI is InChI=1S/C32H38F3N11O4/c1-22(19-45-21-39-42-43-45)50-29-15-23(3-4-24(29)16-36)25-17-37-31(38-18-25)40-28-20-46(41-30(28)48-11-2-12-49-32(33,34)35)27-7-5-26(6-8-27)44-9-13-47-14-10-44/h3-4,15,17-18,20-22,26-27H,2,5-14,19H2,1H3,(H,37,38,40)/t22-,26-,27-/m0/s1. The first kappa shape index (κ1) is 35.0. The average Bonchev–Trinajstić information content (AvgIpc) is 3.78. The van der Waals surface area contributed by atoms with Crippen LogP contribution in [0.15, 0.2) is 43.1 Å². The molecular weight excluding hydrogens is 659 g/mol. The molecule has 1 aliphatic carbocycles. The number of halogens is 3. The number of anilines is 2.